The zero-order valence-electron chi connectivity index (χ0n) is 12.2. The maximum Gasteiger partial charge on any atom is 0.0534 e. The van der Waals surface area contributed by atoms with Crippen molar-refractivity contribution in [2.75, 3.05) is 14.1 Å². The van der Waals surface area contributed by atoms with Crippen LogP contribution >= 0.6 is 15.9 Å². The monoisotopic (exact) mass is 336 g/mol. The van der Waals surface area contributed by atoms with E-state index in [0.717, 1.165) is 19.6 Å². The van der Waals surface area contributed by atoms with Gasteiger partial charge in [-0.05, 0) is 31.3 Å². The van der Waals surface area contributed by atoms with Gasteiger partial charge >= 0.3 is 0 Å². The maximum absolute atomic E-state index is 4.20. The standard InChI is InChI=1S/C15H21BrN4/c1-17-7-12-4-5-14(15(16)6-12)11-19(2)9-13-8-18-20(3)10-13/h4-6,8,10,17H,7,9,11H2,1-3H3. The summed E-state index contributed by atoms with van der Waals surface area (Å²) in [5, 5.41) is 7.37. The Balaban J connectivity index is 1.98. The fraction of sp³-hybridized carbons (Fsp3) is 0.400. The van der Waals surface area contributed by atoms with E-state index in [1.165, 1.54) is 21.2 Å². The molecule has 0 fully saturated rings. The number of aryl methyl sites for hydroxylation is 1. The van der Waals surface area contributed by atoms with Crippen molar-refractivity contribution in [3.8, 4) is 0 Å². The fourth-order valence-corrected chi connectivity index (χ4v) is 2.80. The van der Waals surface area contributed by atoms with Crippen LogP contribution in [0.2, 0.25) is 0 Å². The van der Waals surface area contributed by atoms with Crippen LogP contribution in [-0.2, 0) is 26.7 Å². The van der Waals surface area contributed by atoms with Crippen molar-refractivity contribution in [3.05, 3.63) is 51.8 Å². The molecule has 0 aliphatic carbocycles. The average molecular weight is 337 g/mol. The molecule has 5 heteroatoms. The highest BCUT2D eigenvalue weighted by Gasteiger charge is 2.07. The lowest BCUT2D eigenvalue weighted by atomic mass is 10.1. The van der Waals surface area contributed by atoms with E-state index >= 15 is 0 Å². The van der Waals surface area contributed by atoms with Gasteiger partial charge in [0.2, 0.25) is 0 Å². The first-order chi connectivity index (χ1) is 9.58. The zero-order valence-corrected chi connectivity index (χ0v) is 13.8. The van der Waals surface area contributed by atoms with Crippen molar-refractivity contribution in [1.82, 2.24) is 20.0 Å². The highest BCUT2D eigenvalue weighted by Crippen LogP contribution is 2.20. The van der Waals surface area contributed by atoms with Crippen LogP contribution in [0.1, 0.15) is 16.7 Å². The SMILES string of the molecule is CNCc1ccc(CN(C)Cc2cnn(C)c2)c(Br)c1. The van der Waals surface area contributed by atoms with Gasteiger partial charge in [-0.3, -0.25) is 9.58 Å². The summed E-state index contributed by atoms with van der Waals surface area (Å²) < 4.78 is 3.01. The van der Waals surface area contributed by atoms with Crippen molar-refractivity contribution in [2.24, 2.45) is 7.05 Å². The van der Waals surface area contributed by atoms with Crippen LogP contribution in [0.5, 0.6) is 0 Å². The van der Waals surface area contributed by atoms with Crippen molar-refractivity contribution >= 4 is 15.9 Å². The second kappa shape index (κ2) is 7.02. The van der Waals surface area contributed by atoms with E-state index in [1.54, 1.807) is 0 Å². The number of halogens is 1. The Morgan fingerprint density at radius 3 is 2.70 bits per heavy atom. The predicted octanol–water partition coefficient (Wildman–Crippen LogP) is 2.53. The van der Waals surface area contributed by atoms with Crippen molar-refractivity contribution < 1.29 is 0 Å². The van der Waals surface area contributed by atoms with Crippen molar-refractivity contribution in [2.45, 2.75) is 19.6 Å². The van der Waals surface area contributed by atoms with Crippen molar-refractivity contribution in [1.29, 1.82) is 0 Å². The summed E-state index contributed by atoms with van der Waals surface area (Å²) in [6, 6.07) is 6.55. The number of benzene rings is 1. The molecule has 0 aliphatic rings. The molecular weight excluding hydrogens is 316 g/mol. The maximum atomic E-state index is 4.20. The molecule has 1 heterocycles. The molecule has 0 aliphatic heterocycles. The minimum Gasteiger partial charge on any atom is -0.316 e. The lowest BCUT2D eigenvalue weighted by molar-refractivity contribution is 0.318. The van der Waals surface area contributed by atoms with Gasteiger partial charge in [-0.2, -0.15) is 5.10 Å². The molecule has 1 aromatic heterocycles. The average Bonchev–Trinajstić information content (AvgIpc) is 2.78. The Morgan fingerprint density at radius 1 is 1.30 bits per heavy atom. The quantitative estimate of drug-likeness (QED) is 0.879. The third-order valence-corrected chi connectivity index (χ3v) is 3.89. The van der Waals surface area contributed by atoms with E-state index in [-0.39, 0.29) is 0 Å². The smallest absolute Gasteiger partial charge is 0.0534 e. The molecule has 0 spiro atoms. The zero-order chi connectivity index (χ0) is 14.5. The third kappa shape index (κ3) is 4.16. The molecule has 0 radical (unpaired) electrons. The van der Waals surface area contributed by atoms with E-state index in [1.807, 2.05) is 25.0 Å². The van der Waals surface area contributed by atoms with Crippen LogP contribution in [0.3, 0.4) is 0 Å². The van der Waals surface area contributed by atoms with Crippen LogP contribution < -0.4 is 5.32 Å². The molecule has 0 saturated carbocycles. The van der Waals surface area contributed by atoms with E-state index in [0.29, 0.717) is 0 Å². The number of nitrogens with one attached hydrogen (secondary N) is 1. The highest BCUT2D eigenvalue weighted by atomic mass is 79.9. The van der Waals surface area contributed by atoms with Gasteiger partial charge in [-0.15, -0.1) is 0 Å². The molecule has 0 saturated heterocycles. The first kappa shape index (κ1) is 15.2. The largest absolute Gasteiger partial charge is 0.316 e. The molecule has 4 nitrogen and oxygen atoms in total. The predicted molar refractivity (Wildman–Crippen MR) is 85.3 cm³/mol. The normalized spacial score (nSPS) is 11.2. The Hall–Kier alpha value is -1.17. The molecular formula is C15H21BrN4. The summed E-state index contributed by atoms with van der Waals surface area (Å²) in [7, 11) is 6.03. The summed E-state index contributed by atoms with van der Waals surface area (Å²) in [6.45, 7) is 2.71. The summed E-state index contributed by atoms with van der Waals surface area (Å²) in [5.74, 6) is 0. The molecule has 20 heavy (non-hydrogen) atoms. The van der Waals surface area contributed by atoms with Crippen LogP contribution in [0.4, 0.5) is 0 Å². The van der Waals surface area contributed by atoms with Gasteiger partial charge in [0, 0.05) is 42.9 Å². The second-order valence-corrected chi connectivity index (χ2v) is 6.00. The van der Waals surface area contributed by atoms with Crippen LogP contribution in [0.25, 0.3) is 0 Å². The lowest BCUT2D eigenvalue weighted by Gasteiger charge is -2.17. The minimum atomic E-state index is 0.893. The Kier molecular flexibility index (Phi) is 5.34. The molecule has 1 N–H and O–H groups in total. The van der Waals surface area contributed by atoms with E-state index in [9.17, 15) is 0 Å². The molecule has 1 aromatic carbocycles. The molecule has 2 aromatic rings. The molecule has 2 rings (SSSR count). The Bertz CT molecular complexity index is 565. The number of aromatic nitrogens is 2. The summed E-state index contributed by atoms with van der Waals surface area (Å²) in [4.78, 5) is 2.29. The van der Waals surface area contributed by atoms with Crippen LogP contribution in [0.15, 0.2) is 35.1 Å². The van der Waals surface area contributed by atoms with Gasteiger partial charge < -0.3 is 5.32 Å². The van der Waals surface area contributed by atoms with Crippen LogP contribution in [0, 0.1) is 0 Å². The number of hydrogen-bond donors (Lipinski definition) is 1. The topological polar surface area (TPSA) is 33.1 Å². The Morgan fingerprint density at radius 2 is 2.10 bits per heavy atom. The number of rotatable bonds is 6. The summed E-state index contributed by atoms with van der Waals surface area (Å²) in [6.07, 6.45) is 3.98. The lowest BCUT2D eigenvalue weighted by Crippen LogP contribution is -2.17. The fourth-order valence-electron chi connectivity index (χ4n) is 2.25. The summed E-state index contributed by atoms with van der Waals surface area (Å²) >= 11 is 3.66. The second-order valence-electron chi connectivity index (χ2n) is 5.15. The molecule has 0 amide bonds. The number of hydrogen-bond acceptors (Lipinski definition) is 3. The van der Waals surface area contributed by atoms with Gasteiger partial charge in [0.05, 0.1) is 6.20 Å². The van der Waals surface area contributed by atoms with E-state index in [2.05, 4.69) is 62.7 Å². The minimum absolute atomic E-state index is 0.893. The molecule has 0 unspecified atom stereocenters. The molecule has 0 bridgehead atoms. The molecule has 108 valence electrons. The van der Waals surface area contributed by atoms with Crippen molar-refractivity contribution in [3.63, 3.8) is 0 Å². The van der Waals surface area contributed by atoms with E-state index in [4.69, 9.17) is 0 Å². The Labute approximate surface area is 128 Å². The first-order valence-corrected chi connectivity index (χ1v) is 7.45. The van der Waals surface area contributed by atoms with Gasteiger partial charge in [0.1, 0.15) is 0 Å². The number of nitrogens with zero attached hydrogens (tertiary/aromatic N) is 3. The highest BCUT2D eigenvalue weighted by molar-refractivity contribution is 9.10. The van der Waals surface area contributed by atoms with E-state index < -0.39 is 0 Å². The van der Waals surface area contributed by atoms with Gasteiger partial charge in [0.25, 0.3) is 0 Å². The third-order valence-electron chi connectivity index (χ3n) is 3.15. The molecule has 0 atom stereocenters. The van der Waals surface area contributed by atoms with Crippen LogP contribution in [-0.4, -0.2) is 28.8 Å². The van der Waals surface area contributed by atoms with Gasteiger partial charge in [-0.1, -0.05) is 28.1 Å². The van der Waals surface area contributed by atoms with Gasteiger partial charge in [0.15, 0.2) is 0 Å². The van der Waals surface area contributed by atoms with Gasteiger partial charge in [-0.25, -0.2) is 0 Å². The first-order valence-electron chi connectivity index (χ1n) is 6.66. The summed E-state index contributed by atoms with van der Waals surface area (Å²) in [5.41, 5.74) is 3.83.